The van der Waals surface area contributed by atoms with Crippen molar-refractivity contribution in [1.29, 1.82) is 0 Å². The number of ether oxygens (including phenoxy) is 2. The Hall–Kier alpha value is -3.24. The summed E-state index contributed by atoms with van der Waals surface area (Å²) in [7, 11) is 0. The van der Waals surface area contributed by atoms with Crippen LogP contribution in [0.2, 0.25) is 0 Å². The van der Waals surface area contributed by atoms with E-state index in [9.17, 15) is 9.59 Å². The van der Waals surface area contributed by atoms with Crippen LogP contribution in [-0.4, -0.2) is 71.9 Å². The van der Waals surface area contributed by atoms with Crippen LogP contribution in [-0.2, 0) is 27.4 Å². The van der Waals surface area contributed by atoms with Crippen LogP contribution in [0.5, 0.6) is 0 Å². The predicted octanol–water partition coefficient (Wildman–Crippen LogP) is 2.53. The molecule has 3 fully saturated rings. The van der Waals surface area contributed by atoms with Crippen molar-refractivity contribution in [3.8, 4) is 11.3 Å². The number of morpholine rings is 1. The Morgan fingerprint density at radius 2 is 1.81 bits per heavy atom. The molecular weight excluding hydrogens is 460 g/mol. The lowest BCUT2D eigenvalue weighted by molar-refractivity contribution is -0.136. The first-order valence-electron chi connectivity index (χ1n) is 12.8. The third kappa shape index (κ3) is 4.75. The van der Waals surface area contributed by atoms with Gasteiger partial charge in [-0.1, -0.05) is 12.1 Å². The van der Waals surface area contributed by atoms with Crippen LogP contribution in [0.4, 0.5) is 16.4 Å². The molecule has 4 aliphatic rings. The van der Waals surface area contributed by atoms with E-state index < -0.39 is 0 Å². The third-order valence-corrected chi connectivity index (χ3v) is 7.31. The average Bonchev–Trinajstić information content (AvgIpc) is 3.34. The fraction of sp³-hybridized carbons (Fsp3) is 0.538. The second kappa shape index (κ2) is 9.67. The molecule has 0 radical (unpaired) electrons. The van der Waals surface area contributed by atoms with Crippen LogP contribution in [0, 0.1) is 5.92 Å². The summed E-state index contributed by atoms with van der Waals surface area (Å²) in [6.07, 6.45) is 2.86. The van der Waals surface area contributed by atoms with Gasteiger partial charge in [0.25, 0.3) is 0 Å². The van der Waals surface area contributed by atoms with E-state index in [1.54, 1.807) is 0 Å². The monoisotopic (exact) mass is 492 g/mol. The van der Waals surface area contributed by atoms with E-state index in [0.717, 1.165) is 54.0 Å². The van der Waals surface area contributed by atoms with Crippen molar-refractivity contribution in [3.05, 3.63) is 35.5 Å². The molecule has 0 bridgehead atoms. The Morgan fingerprint density at radius 3 is 2.53 bits per heavy atom. The SMILES string of the molecule is C[C@H]1COCCN1c1nc2c(c(-c3ccc(NC(=O)NC4CC4)cc3)n1)CN(C(=O)[C@H]1CCOC1)C2. The Morgan fingerprint density at radius 1 is 1.00 bits per heavy atom. The molecule has 1 aromatic carbocycles. The normalized spacial score (nSPS) is 23.5. The molecule has 4 heterocycles. The van der Waals surface area contributed by atoms with Gasteiger partial charge < -0.3 is 29.9 Å². The highest BCUT2D eigenvalue weighted by atomic mass is 16.5. The minimum absolute atomic E-state index is 0.0819. The van der Waals surface area contributed by atoms with E-state index >= 15 is 0 Å². The fourth-order valence-electron chi connectivity index (χ4n) is 5.07. The molecular formula is C26H32N6O4. The Bertz CT molecular complexity index is 1150. The van der Waals surface area contributed by atoms with E-state index in [0.29, 0.717) is 51.5 Å². The zero-order valence-electron chi connectivity index (χ0n) is 20.5. The molecule has 6 rings (SSSR count). The number of hydrogen-bond acceptors (Lipinski definition) is 7. The Labute approximate surface area is 210 Å². The lowest BCUT2D eigenvalue weighted by atomic mass is 10.0. The maximum atomic E-state index is 13.2. The number of amides is 3. The van der Waals surface area contributed by atoms with Gasteiger partial charge in [0.05, 0.1) is 56.3 Å². The molecule has 190 valence electrons. The summed E-state index contributed by atoms with van der Waals surface area (Å²) in [5, 5.41) is 5.83. The van der Waals surface area contributed by atoms with Crippen molar-refractivity contribution in [3.63, 3.8) is 0 Å². The minimum Gasteiger partial charge on any atom is -0.381 e. The van der Waals surface area contributed by atoms with Gasteiger partial charge in [-0.15, -0.1) is 0 Å². The molecule has 36 heavy (non-hydrogen) atoms. The van der Waals surface area contributed by atoms with Gasteiger partial charge >= 0.3 is 6.03 Å². The number of fused-ring (bicyclic) bond motifs is 1. The minimum atomic E-state index is -0.179. The van der Waals surface area contributed by atoms with Crippen LogP contribution in [0.1, 0.15) is 37.4 Å². The second-order valence-corrected chi connectivity index (χ2v) is 10.1. The summed E-state index contributed by atoms with van der Waals surface area (Å²) in [4.78, 5) is 39.3. The number of anilines is 2. The molecule has 3 amide bonds. The van der Waals surface area contributed by atoms with Crippen molar-refractivity contribution >= 4 is 23.6 Å². The highest BCUT2D eigenvalue weighted by molar-refractivity contribution is 5.90. The highest BCUT2D eigenvalue weighted by Gasteiger charge is 2.35. The smallest absolute Gasteiger partial charge is 0.319 e. The average molecular weight is 493 g/mol. The Kier molecular flexibility index (Phi) is 6.22. The van der Waals surface area contributed by atoms with Crippen molar-refractivity contribution in [2.75, 3.05) is 43.2 Å². The first-order chi connectivity index (χ1) is 17.5. The van der Waals surface area contributed by atoms with E-state index in [-0.39, 0.29) is 23.9 Å². The lowest BCUT2D eigenvalue weighted by Gasteiger charge is -2.33. The van der Waals surface area contributed by atoms with Gasteiger partial charge in [-0.2, -0.15) is 0 Å². The number of aromatic nitrogens is 2. The standard InChI is InChI=1S/C26H32N6O4/c1-16-14-36-11-9-32(16)25-29-22-13-31(24(33)18-8-10-35-15-18)12-21(22)23(30-25)17-2-4-19(5-3-17)27-26(34)28-20-6-7-20/h2-5,16,18,20H,6-15H2,1H3,(H2,27,28,34)/t16-,18-/m0/s1. The summed E-state index contributed by atoms with van der Waals surface area (Å²) < 4.78 is 11.1. The molecule has 0 spiro atoms. The number of hydrogen-bond donors (Lipinski definition) is 2. The van der Waals surface area contributed by atoms with Gasteiger partial charge in [-0.25, -0.2) is 14.8 Å². The van der Waals surface area contributed by atoms with Crippen molar-refractivity contribution < 1.29 is 19.1 Å². The van der Waals surface area contributed by atoms with E-state index in [4.69, 9.17) is 19.4 Å². The van der Waals surface area contributed by atoms with Gasteiger partial charge in [0, 0.05) is 36.0 Å². The molecule has 2 aromatic rings. The van der Waals surface area contributed by atoms with Crippen molar-refractivity contribution in [2.45, 2.75) is 51.4 Å². The van der Waals surface area contributed by atoms with Gasteiger partial charge in [0.2, 0.25) is 11.9 Å². The molecule has 2 N–H and O–H groups in total. The third-order valence-electron chi connectivity index (χ3n) is 7.31. The predicted molar refractivity (Wildman–Crippen MR) is 133 cm³/mol. The molecule has 1 saturated carbocycles. The number of carbonyl (C=O) groups excluding carboxylic acids is 2. The quantitative estimate of drug-likeness (QED) is 0.660. The zero-order valence-corrected chi connectivity index (χ0v) is 20.5. The lowest BCUT2D eigenvalue weighted by Crippen LogP contribution is -2.44. The first-order valence-corrected chi connectivity index (χ1v) is 12.8. The summed E-state index contributed by atoms with van der Waals surface area (Å²) in [6, 6.07) is 8.00. The molecule has 2 saturated heterocycles. The zero-order chi connectivity index (χ0) is 24.6. The van der Waals surface area contributed by atoms with Gasteiger partial charge in [0.15, 0.2) is 0 Å². The molecule has 10 nitrogen and oxygen atoms in total. The number of rotatable bonds is 5. The van der Waals surface area contributed by atoms with E-state index in [1.807, 2.05) is 29.2 Å². The van der Waals surface area contributed by atoms with E-state index in [2.05, 4.69) is 22.5 Å². The summed E-state index contributed by atoms with van der Waals surface area (Å²) in [5.74, 6) is 0.713. The summed E-state index contributed by atoms with van der Waals surface area (Å²) in [5.41, 5.74) is 4.37. The highest BCUT2D eigenvalue weighted by Crippen LogP contribution is 2.34. The van der Waals surface area contributed by atoms with Crippen molar-refractivity contribution in [2.24, 2.45) is 5.92 Å². The maximum absolute atomic E-state index is 13.2. The van der Waals surface area contributed by atoms with Crippen LogP contribution in [0.25, 0.3) is 11.3 Å². The first kappa shape index (κ1) is 23.2. The van der Waals surface area contributed by atoms with Crippen LogP contribution in [0.3, 0.4) is 0 Å². The van der Waals surface area contributed by atoms with E-state index in [1.165, 1.54) is 0 Å². The fourth-order valence-corrected chi connectivity index (χ4v) is 5.07. The molecule has 3 aliphatic heterocycles. The summed E-state index contributed by atoms with van der Waals surface area (Å²) in [6.45, 7) is 6.19. The number of nitrogens with zero attached hydrogens (tertiary/aromatic N) is 4. The number of nitrogens with one attached hydrogen (secondary N) is 2. The Balaban J connectivity index is 1.29. The molecule has 1 aliphatic carbocycles. The molecule has 2 atom stereocenters. The van der Waals surface area contributed by atoms with Crippen molar-refractivity contribution in [1.82, 2.24) is 20.2 Å². The van der Waals surface area contributed by atoms with Gasteiger partial charge in [0.1, 0.15) is 0 Å². The van der Waals surface area contributed by atoms with Gasteiger partial charge in [-0.05, 0) is 38.3 Å². The summed E-state index contributed by atoms with van der Waals surface area (Å²) >= 11 is 0. The molecule has 0 unspecified atom stereocenters. The van der Waals surface area contributed by atoms with Crippen LogP contribution < -0.4 is 15.5 Å². The largest absolute Gasteiger partial charge is 0.381 e. The van der Waals surface area contributed by atoms with Gasteiger partial charge in [-0.3, -0.25) is 4.79 Å². The number of benzene rings is 1. The molecule has 1 aromatic heterocycles. The van der Waals surface area contributed by atoms with Crippen LogP contribution >= 0.6 is 0 Å². The van der Waals surface area contributed by atoms with Crippen LogP contribution in [0.15, 0.2) is 24.3 Å². The topological polar surface area (TPSA) is 109 Å². The number of urea groups is 1. The number of carbonyl (C=O) groups is 2. The maximum Gasteiger partial charge on any atom is 0.319 e. The molecule has 10 heteroatoms. The second-order valence-electron chi connectivity index (χ2n) is 10.1.